The predicted octanol–water partition coefficient (Wildman–Crippen LogP) is 3.30. The predicted molar refractivity (Wildman–Crippen MR) is 110 cm³/mol. The molecular weight excluding hydrogens is 394 g/mol. The van der Waals surface area contributed by atoms with Crippen molar-refractivity contribution in [2.75, 3.05) is 10.0 Å². The first-order valence-corrected chi connectivity index (χ1v) is 10.4. The highest BCUT2D eigenvalue weighted by molar-refractivity contribution is 7.92. The SMILES string of the molecule is CCc1nn(C)cc1CNc1ccc(S(=O)(=O)Nc2ccccc2)cc1[N+](=O)[O-]. The van der Waals surface area contributed by atoms with Gasteiger partial charge in [0.05, 0.1) is 15.5 Å². The Morgan fingerprint density at radius 3 is 2.55 bits per heavy atom. The zero-order valence-electron chi connectivity index (χ0n) is 16.0. The van der Waals surface area contributed by atoms with Crippen LogP contribution in [0.4, 0.5) is 17.1 Å². The van der Waals surface area contributed by atoms with Crippen LogP contribution in [0.5, 0.6) is 0 Å². The van der Waals surface area contributed by atoms with Gasteiger partial charge in [0.2, 0.25) is 0 Å². The molecule has 29 heavy (non-hydrogen) atoms. The van der Waals surface area contributed by atoms with E-state index in [1.807, 2.05) is 20.2 Å². The number of aryl methyl sites for hydroxylation is 2. The molecule has 1 aromatic heterocycles. The molecule has 3 aromatic rings. The minimum atomic E-state index is -3.96. The molecular formula is C19H21N5O4S. The number of nitro benzene ring substituents is 1. The quantitative estimate of drug-likeness (QED) is 0.430. The monoisotopic (exact) mass is 415 g/mol. The summed E-state index contributed by atoms with van der Waals surface area (Å²) in [6.45, 7) is 2.32. The third-order valence-corrected chi connectivity index (χ3v) is 5.68. The van der Waals surface area contributed by atoms with Crippen LogP contribution in [0.15, 0.2) is 59.6 Å². The zero-order chi connectivity index (χ0) is 21.0. The molecule has 0 spiro atoms. The van der Waals surface area contributed by atoms with Crippen molar-refractivity contribution in [1.82, 2.24) is 9.78 Å². The van der Waals surface area contributed by atoms with Crippen LogP contribution < -0.4 is 10.0 Å². The van der Waals surface area contributed by atoms with Crippen molar-refractivity contribution >= 4 is 27.1 Å². The molecule has 2 aromatic carbocycles. The maximum absolute atomic E-state index is 12.6. The maximum atomic E-state index is 12.6. The molecule has 9 nitrogen and oxygen atoms in total. The molecule has 10 heteroatoms. The van der Waals surface area contributed by atoms with Gasteiger partial charge in [0.15, 0.2) is 0 Å². The average molecular weight is 415 g/mol. The van der Waals surface area contributed by atoms with Crippen LogP contribution in [0.1, 0.15) is 18.2 Å². The number of benzene rings is 2. The summed E-state index contributed by atoms with van der Waals surface area (Å²) in [6, 6.07) is 12.1. The second-order valence-corrected chi connectivity index (χ2v) is 8.07. The van der Waals surface area contributed by atoms with E-state index in [0.717, 1.165) is 23.7 Å². The molecule has 0 unspecified atom stereocenters. The van der Waals surface area contributed by atoms with Crippen molar-refractivity contribution in [2.24, 2.45) is 7.05 Å². The number of nitrogens with zero attached hydrogens (tertiary/aromatic N) is 3. The van der Waals surface area contributed by atoms with Crippen molar-refractivity contribution in [3.63, 3.8) is 0 Å². The highest BCUT2D eigenvalue weighted by Crippen LogP contribution is 2.29. The third-order valence-electron chi connectivity index (χ3n) is 4.30. The molecule has 0 amide bonds. The fourth-order valence-corrected chi connectivity index (χ4v) is 4.00. The molecule has 0 atom stereocenters. The summed E-state index contributed by atoms with van der Waals surface area (Å²) >= 11 is 0. The van der Waals surface area contributed by atoms with E-state index in [-0.39, 0.29) is 16.3 Å². The summed E-state index contributed by atoms with van der Waals surface area (Å²) in [5, 5.41) is 18.9. The lowest BCUT2D eigenvalue weighted by Crippen LogP contribution is -2.13. The van der Waals surface area contributed by atoms with Crippen LogP contribution in [0.2, 0.25) is 0 Å². The van der Waals surface area contributed by atoms with Crippen LogP contribution >= 0.6 is 0 Å². The van der Waals surface area contributed by atoms with Crippen LogP contribution in [-0.2, 0) is 30.0 Å². The Labute approximate surface area is 168 Å². The molecule has 0 radical (unpaired) electrons. The van der Waals surface area contributed by atoms with E-state index in [4.69, 9.17) is 0 Å². The molecule has 0 aliphatic carbocycles. The number of sulfonamides is 1. The number of nitrogens with one attached hydrogen (secondary N) is 2. The second-order valence-electron chi connectivity index (χ2n) is 6.39. The Balaban J connectivity index is 1.86. The van der Waals surface area contributed by atoms with E-state index < -0.39 is 14.9 Å². The van der Waals surface area contributed by atoms with Gasteiger partial charge in [-0.25, -0.2) is 8.42 Å². The fraction of sp³-hybridized carbons (Fsp3) is 0.211. The van der Waals surface area contributed by atoms with Crippen LogP contribution in [0.3, 0.4) is 0 Å². The summed E-state index contributed by atoms with van der Waals surface area (Å²) in [5.74, 6) is 0. The Hall–Kier alpha value is -3.40. The van der Waals surface area contributed by atoms with Crippen LogP contribution in [0.25, 0.3) is 0 Å². The smallest absolute Gasteiger partial charge is 0.293 e. The molecule has 2 N–H and O–H groups in total. The molecule has 0 aliphatic rings. The Morgan fingerprint density at radius 2 is 1.90 bits per heavy atom. The van der Waals surface area contributed by atoms with Gasteiger partial charge in [-0.05, 0) is 30.7 Å². The highest BCUT2D eigenvalue weighted by atomic mass is 32.2. The summed E-state index contributed by atoms with van der Waals surface area (Å²) in [4.78, 5) is 10.7. The highest BCUT2D eigenvalue weighted by Gasteiger charge is 2.22. The lowest BCUT2D eigenvalue weighted by atomic mass is 10.2. The van der Waals surface area contributed by atoms with Gasteiger partial charge in [0, 0.05) is 37.1 Å². The number of hydrogen-bond donors (Lipinski definition) is 2. The van der Waals surface area contributed by atoms with Gasteiger partial charge in [-0.3, -0.25) is 19.5 Å². The Bertz CT molecular complexity index is 1130. The minimum Gasteiger partial charge on any atom is -0.375 e. The van der Waals surface area contributed by atoms with E-state index in [2.05, 4.69) is 15.1 Å². The first-order chi connectivity index (χ1) is 13.8. The molecule has 0 aliphatic heterocycles. The third kappa shape index (κ3) is 4.72. The van der Waals surface area contributed by atoms with E-state index in [9.17, 15) is 18.5 Å². The summed E-state index contributed by atoms with van der Waals surface area (Å²) < 4.78 is 29.3. The van der Waals surface area contributed by atoms with Gasteiger partial charge < -0.3 is 5.32 Å². The first kappa shape index (κ1) is 20.3. The number of nitro groups is 1. The van der Waals surface area contributed by atoms with Gasteiger partial charge in [-0.2, -0.15) is 5.10 Å². The average Bonchev–Trinajstić information content (AvgIpc) is 3.06. The molecule has 3 rings (SSSR count). The van der Waals surface area contributed by atoms with E-state index in [1.165, 1.54) is 12.1 Å². The van der Waals surface area contributed by atoms with Crippen LogP contribution in [0, 0.1) is 10.1 Å². The maximum Gasteiger partial charge on any atom is 0.293 e. The van der Waals surface area contributed by atoms with E-state index in [0.29, 0.717) is 12.2 Å². The fourth-order valence-electron chi connectivity index (χ4n) is 2.92. The normalized spacial score (nSPS) is 11.2. The summed E-state index contributed by atoms with van der Waals surface area (Å²) in [6.07, 6.45) is 2.59. The van der Waals surface area contributed by atoms with Crippen molar-refractivity contribution in [1.29, 1.82) is 0 Å². The number of aromatic nitrogens is 2. The number of anilines is 2. The molecule has 152 valence electrons. The van der Waals surface area contributed by atoms with Gasteiger partial charge in [0.25, 0.3) is 15.7 Å². The van der Waals surface area contributed by atoms with Crippen molar-refractivity contribution in [2.45, 2.75) is 24.8 Å². The standard InChI is InChI=1S/C19H21N5O4S/c1-3-17-14(13-23(2)21-17)12-20-18-10-9-16(11-19(18)24(25)26)29(27,28)22-15-7-5-4-6-8-15/h4-11,13,20,22H,3,12H2,1-2H3. The van der Waals surface area contributed by atoms with Crippen molar-refractivity contribution in [3.8, 4) is 0 Å². The number of hydrogen-bond acceptors (Lipinski definition) is 6. The molecule has 0 saturated heterocycles. The number of rotatable bonds is 8. The van der Waals surface area contributed by atoms with Crippen LogP contribution in [-0.4, -0.2) is 23.1 Å². The molecule has 1 heterocycles. The lowest BCUT2D eigenvalue weighted by Gasteiger charge is -2.11. The molecule has 0 bridgehead atoms. The second kappa shape index (κ2) is 8.31. The van der Waals surface area contributed by atoms with Gasteiger partial charge in [0.1, 0.15) is 5.69 Å². The van der Waals surface area contributed by atoms with Gasteiger partial charge in [-0.1, -0.05) is 25.1 Å². The topological polar surface area (TPSA) is 119 Å². The van der Waals surface area contributed by atoms with E-state index >= 15 is 0 Å². The summed E-state index contributed by atoms with van der Waals surface area (Å²) in [5.41, 5.74) is 2.11. The van der Waals surface area contributed by atoms with E-state index in [1.54, 1.807) is 35.0 Å². The van der Waals surface area contributed by atoms with Gasteiger partial charge >= 0.3 is 0 Å². The Kier molecular flexibility index (Phi) is 5.83. The molecule has 0 saturated carbocycles. The van der Waals surface area contributed by atoms with Crippen molar-refractivity contribution in [3.05, 3.63) is 76.1 Å². The van der Waals surface area contributed by atoms with Crippen molar-refractivity contribution < 1.29 is 13.3 Å². The number of para-hydroxylation sites is 1. The first-order valence-electron chi connectivity index (χ1n) is 8.91. The largest absolute Gasteiger partial charge is 0.375 e. The molecule has 0 fully saturated rings. The zero-order valence-corrected chi connectivity index (χ0v) is 16.8. The Morgan fingerprint density at radius 1 is 1.17 bits per heavy atom. The summed E-state index contributed by atoms with van der Waals surface area (Å²) in [7, 11) is -2.15. The minimum absolute atomic E-state index is 0.186. The van der Waals surface area contributed by atoms with Gasteiger partial charge in [-0.15, -0.1) is 0 Å². The lowest BCUT2D eigenvalue weighted by molar-refractivity contribution is -0.384.